The van der Waals surface area contributed by atoms with Gasteiger partial charge in [0.2, 0.25) is 0 Å². The zero-order chi connectivity index (χ0) is 14.8. The second-order valence-electron chi connectivity index (χ2n) is 6.11. The van der Waals surface area contributed by atoms with Crippen molar-refractivity contribution in [1.82, 2.24) is 15.1 Å². The standard InChI is InChI=1S/C15H25N3O2/c1-4-12-11(9-18(3)17-12)14(20)16-10-15(2)8-6-5-7-13(15)19/h9,13,19H,4-8,10H2,1-3H3,(H,16,20). The molecule has 2 N–H and O–H groups in total. The Labute approximate surface area is 120 Å². The Morgan fingerprint density at radius 1 is 1.60 bits per heavy atom. The van der Waals surface area contributed by atoms with E-state index in [2.05, 4.69) is 17.3 Å². The molecule has 2 unspecified atom stereocenters. The van der Waals surface area contributed by atoms with Crippen molar-refractivity contribution in [3.05, 3.63) is 17.5 Å². The molecule has 1 aliphatic carbocycles. The maximum atomic E-state index is 12.3. The van der Waals surface area contributed by atoms with Crippen LogP contribution in [0, 0.1) is 5.41 Å². The zero-order valence-electron chi connectivity index (χ0n) is 12.6. The van der Waals surface area contributed by atoms with Gasteiger partial charge in [0, 0.05) is 25.2 Å². The van der Waals surface area contributed by atoms with Gasteiger partial charge in [-0.1, -0.05) is 26.7 Å². The number of aliphatic hydroxyl groups is 1. The Bertz CT molecular complexity index is 483. The first kappa shape index (κ1) is 15.0. The van der Waals surface area contributed by atoms with E-state index in [1.54, 1.807) is 10.9 Å². The van der Waals surface area contributed by atoms with Crippen molar-refractivity contribution in [1.29, 1.82) is 0 Å². The molecule has 0 bridgehead atoms. The Morgan fingerprint density at radius 3 is 3.00 bits per heavy atom. The summed E-state index contributed by atoms with van der Waals surface area (Å²) in [5.74, 6) is -0.0889. The molecule has 1 aromatic rings. The molecule has 0 radical (unpaired) electrons. The number of nitrogens with one attached hydrogen (secondary N) is 1. The van der Waals surface area contributed by atoms with Crippen LogP contribution in [0.5, 0.6) is 0 Å². The topological polar surface area (TPSA) is 67.2 Å². The number of rotatable bonds is 4. The quantitative estimate of drug-likeness (QED) is 0.880. The molecule has 20 heavy (non-hydrogen) atoms. The van der Waals surface area contributed by atoms with Gasteiger partial charge in [-0.25, -0.2) is 0 Å². The average molecular weight is 279 g/mol. The fraction of sp³-hybridized carbons (Fsp3) is 0.733. The van der Waals surface area contributed by atoms with Crippen LogP contribution in [0.1, 0.15) is 55.6 Å². The van der Waals surface area contributed by atoms with Crippen molar-refractivity contribution in [2.45, 2.75) is 52.1 Å². The maximum absolute atomic E-state index is 12.3. The van der Waals surface area contributed by atoms with E-state index in [1.807, 2.05) is 14.0 Å². The lowest BCUT2D eigenvalue weighted by molar-refractivity contribution is 0.00190. The predicted octanol–water partition coefficient (Wildman–Crippen LogP) is 1.65. The summed E-state index contributed by atoms with van der Waals surface area (Å²) < 4.78 is 1.67. The van der Waals surface area contributed by atoms with Crippen LogP contribution in [0.25, 0.3) is 0 Å². The Morgan fingerprint density at radius 2 is 2.35 bits per heavy atom. The fourth-order valence-electron chi connectivity index (χ4n) is 2.95. The lowest BCUT2D eigenvalue weighted by atomic mass is 9.73. The molecule has 112 valence electrons. The van der Waals surface area contributed by atoms with Crippen LogP contribution in [-0.2, 0) is 13.5 Å². The molecule has 2 atom stereocenters. The van der Waals surface area contributed by atoms with Crippen LogP contribution in [-0.4, -0.2) is 33.4 Å². The molecule has 0 spiro atoms. The van der Waals surface area contributed by atoms with Crippen LogP contribution in [0.4, 0.5) is 0 Å². The molecular weight excluding hydrogens is 254 g/mol. The van der Waals surface area contributed by atoms with Crippen LogP contribution in [0.3, 0.4) is 0 Å². The molecule has 1 fully saturated rings. The van der Waals surface area contributed by atoms with E-state index in [4.69, 9.17) is 0 Å². The monoisotopic (exact) mass is 279 g/mol. The minimum atomic E-state index is -0.323. The molecule has 1 heterocycles. The molecule has 1 aliphatic rings. The average Bonchev–Trinajstić information content (AvgIpc) is 2.81. The van der Waals surface area contributed by atoms with Gasteiger partial charge in [0.1, 0.15) is 0 Å². The van der Waals surface area contributed by atoms with Gasteiger partial charge >= 0.3 is 0 Å². The predicted molar refractivity (Wildman–Crippen MR) is 77.5 cm³/mol. The van der Waals surface area contributed by atoms with E-state index in [0.29, 0.717) is 12.1 Å². The number of nitrogens with zero attached hydrogens (tertiary/aromatic N) is 2. The summed E-state index contributed by atoms with van der Waals surface area (Å²) in [4.78, 5) is 12.3. The van der Waals surface area contributed by atoms with Crippen LogP contribution < -0.4 is 5.32 Å². The number of carbonyl (C=O) groups excluding carboxylic acids is 1. The van der Waals surface area contributed by atoms with Gasteiger partial charge in [-0.2, -0.15) is 5.10 Å². The molecule has 1 saturated carbocycles. The van der Waals surface area contributed by atoms with Crippen molar-refractivity contribution in [3.8, 4) is 0 Å². The highest BCUT2D eigenvalue weighted by Gasteiger charge is 2.35. The number of aryl methyl sites for hydroxylation is 2. The van der Waals surface area contributed by atoms with Crippen molar-refractivity contribution >= 4 is 5.91 Å². The number of amides is 1. The minimum Gasteiger partial charge on any atom is -0.392 e. The summed E-state index contributed by atoms with van der Waals surface area (Å²) in [7, 11) is 1.82. The van der Waals surface area contributed by atoms with Crippen molar-refractivity contribution in [2.24, 2.45) is 12.5 Å². The van der Waals surface area contributed by atoms with Gasteiger partial charge in [0.05, 0.1) is 17.4 Å². The van der Waals surface area contributed by atoms with Crippen LogP contribution >= 0.6 is 0 Å². The Hall–Kier alpha value is -1.36. The normalized spacial score (nSPS) is 26.5. The summed E-state index contributed by atoms with van der Waals surface area (Å²) in [6, 6.07) is 0. The Kier molecular flexibility index (Phi) is 4.48. The van der Waals surface area contributed by atoms with Gasteiger partial charge in [0.15, 0.2) is 0 Å². The first-order valence-electron chi connectivity index (χ1n) is 7.45. The van der Waals surface area contributed by atoms with Gasteiger partial charge in [-0.05, 0) is 19.3 Å². The highest BCUT2D eigenvalue weighted by Crippen LogP contribution is 2.35. The van der Waals surface area contributed by atoms with E-state index in [-0.39, 0.29) is 17.4 Å². The first-order valence-corrected chi connectivity index (χ1v) is 7.45. The van der Waals surface area contributed by atoms with Crippen molar-refractivity contribution in [3.63, 3.8) is 0 Å². The lowest BCUT2D eigenvalue weighted by Gasteiger charge is -2.38. The van der Waals surface area contributed by atoms with E-state index >= 15 is 0 Å². The van der Waals surface area contributed by atoms with Crippen molar-refractivity contribution in [2.75, 3.05) is 6.54 Å². The highest BCUT2D eigenvalue weighted by atomic mass is 16.3. The van der Waals surface area contributed by atoms with E-state index in [1.165, 1.54) is 0 Å². The fourth-order valence-corrected chi connectivity index (χ4v) is 2.95. The number of aromatic nitrogens is 2. The van der Waals surface area contributed by atoms with Crippen LogP contribution in [0.15, 0.2) is 6.20 Å². The first-order chi connectivity index (χ1) is 9.46. The van der Waals surface area contributed by atoms with E-state index in [0.717, 1.165) is 37.8 Å². The Balaban J connectivity index is 2.01. The summed E-state index contributed by atoms with van der Waals surface area (Å²) in [6.45, 7) is 4.57. The third-order valence-electron chi connectivity index (χ3n) is 4.42. The second-order valence-corrected chi connectivity index (χ2v) is 6.11. The molecule has 0 aliphatic heterocycles. The minimum absolute atomic E-state index is 0.0889. The zero-order valence-corrected chi connectivity index (χ0v) is 12.6. The second kappa shape index (κ2) is 5.95. The molecule has 0 saturated heterocycles. The summed E-state index contributed by atoms with van der Waals surface area (Å²) >= 11 is 0. The molecule has 2 rings (SSSR count). The molecule has 1 amide bonds. The van der Waals surface area contributed by atoms with Gasteiger partial charge in [0.25, 0.3) is 5.91 Å². The highest BCUT2D eigenvalue weighted by molar-refractivity contribution is 5.95. The lowest BCUT2D eigenvalue weighted by Crippen LogP contribution is -2.45. The number of carbonyl (C=O) groups is 1. The summed E-state index contributed by atoms with van der Waals surface area (Å²) in [6.07, 6.45) is 6.17. The van der Waals surface area contributed by atoms with Crippen LogP contribution in [0.2, 0.25) is 0 Å². The van der Waals surface area contributed by atoms with Gasteiger partial charge in [-0.15, -0.1) is 0 Å². The largest absolute Gasteiger partial charge is 0.392 e. The third-order valence-corrected chi connectivity index (χ3v) is 4.42. The maximum Gasteiger partial charge on any atom is 0.254 e. The number of hydrogen-bond acceptors (Lipinski definition) is 3. The summed E-state index contributed by atoms with van der Waals surface area (Å²) in [5, 5.41) is 17.4. The molecule has 5 heteroatoms. The van der Waals surface area contributed by atoms with Gasteiger partial charge < -0.3 is 10.4 Å². The van der Waals surface area contributed by atoms with E-state index < -0.39 is 0 Å². The number of hydrogen-bond donors (Lipinski definition) is 2. The smallest absolute Gasteiger partial charge is 0.254 e. The molecule has 5 nitrogen and oxygen atoms in total. The number of aliphatic hydroxyl groups excluding tert-OH is 1. The molecular formula is C15H25N3O2. The molecule has 1 aromatic heterocycles. The van der Waals surface area contributed by atoms with Gasteiger partial charge in [-0.3, -0.25) is 9.48 Å². The van der Waals surface area contributed by atoms with Crippen molar-refractivity contribution < 1.29 is 9.90 Å². The summed E-state index contributed by atoms with van der Waals surface area (Å²) in [5.41, 5.74) is 1.26. The molecule has 0 aromatic carbocycles. The van der Waals surface area contributed by atoms with E-state index in [9.17, 15) is 9.90 Å². The third kappa shape index (κ3) is 3.03. The SMILES string of the molecule is CCc1nn(C)cc1C(=O)NCC1(C)CCCCC1O.